The summed E-state index contributed by atoms with van der Waals surface area (Å²) in [6, 6.07) is 1.57. The molecule has 0 aromatic carbocycles. The molecular formula is C11H19N3O4S. The summed E-state index contributed by atoms with van der Waals surface area (Å²) in [5.74, 6) is 0.400. The molecule has 0 spiro atoms. The Balaban J connectivity index is 2.66. The highest BCUT2D eigenvalue weighted by Crippen LogP contribution is 2.08. The molecule has 0 unspecified atom stereocenters. The highest BCUT2D eigenvalue weighted by atomic mass is 32.2. The number of nitrogens with zero attached hydrogens (tertiary/aromatic N) is 2. The summed E-state index contributed by atoms with van der Waals surface area (Å²) in [5.41, 5.74) is 0. The second-order valence-corrected chi connectivity index (χ2v) is 6.36. The molecule has 19 heavy (non-hydrogen) atoms. The first-order valence-electron chi connectivity index (χ1n) is 6.10. The van der Waals surface area contributed by atoms with E-state index in [1.165, 1.54) is 4.31 Å². The van der Waals surface area contributed by atoms with Crippen LogP contribution in [0, 0.1) is 6.92 Å². The van der Waals surface area contributed by atoms with Crippen LogP contribution in [0.1, 0.15) is 26.0 Å². The monoisotopic (exact) mass is 289 g/mol. The molecule has 0 saturated carbocycles. The fourth-order valence-corrected chi connectivity index (χ4v) is 2.66. The van der Waals surface area contributed by atoms with Crippen LogP contribution in [0.15, 0.2) is 10.6 Å². The van der Waals surface area contributed by atoms with Gasteiger partial charge < -0.3 is 9.84 Å². The Morgan fingerprint density at radius 2 is 2.16 bits per heavy atom. The molecule has 0 radical (unpaired) electrons. The molecule has 0 aliphatic carbocycles. The Hall–Kier alpha value is -1.41. The molecule has 8 heteroatoms. The predicted molar refractivity (Wildman–Crippen MR) is 71.2 cm³/mol. The van der Waals surface area contributed by atoms with E-state index < -0.39 is 15.9 Å². The molecular weight excluding hydrogens is 270 g/mol. The molecule has 1 aromatic heterocycles. The average molecular weight is 289 g/mol. The normalized spacial score (nSPS) is 11.8. The van der Waals surface area contributed by atoms with E-state index in [-0.39, 0.29) is 18.1 Å². The lowest BCUT2D eigenvalue weighted by atomic mass is 10.4. The van der Waals surface area contributed by atoms with Crippen LogP contribution in [0.5, 0.6) is 0 Å². The smallest absolute Gasteiger partial charge is 0.240 e. The standard InChI is InChI=1S/C11H19N3O4S/c1-4-6-14(19(16,17)5-2)8-11(15)12-10-7-9(3)18-13-10/h7H,4-6,8H2,1-3H3,(H,12,13,15). The van der Waals surface area contributed by atoms with Gasteiger partial charge in [0.25, 0.3) is 0 Å². The number of hydrogen-bond acceptors (Lipinski definition) is 5. The first-order valence-corrected chi connectivity index (χ1v) is 7.71. The van der Waals surface area contributed by atoms with Crippen molar-refractivity contribution in [2.45, 2.75) is 27.2 Å². The topological polar surface area (TPSA) is 92.5 Å². The summed E-state index contributed by atoms with van der Waals surface area (Å²) in [5, 5.41) is 6.11. The van der Waals surface area contributed by atoms with Gasteiger partial charge in [-0.2, -0.15) is 4.31 Å². The number of aromatic nitrogens is 1. The van der Waals surface area contributed by atoms with Crippen molar-refractivity contribution in [1.29, 1.82) is 0 Å². The Bertz CT molecular complexity index is 524. The van der Waals surface area contributed by atoms with Crippen LogP contribution in [-0.2, 0) is 14.8 Å². The molecule has 0 aliphatic rings. The molecule has 0 aliphatic heterocycles. The van der Waals surface area contributed by atoms with E-state index in [2.05, 4.69) is 10.5 Å². The largest absolute Gasteiger partial charge is 0.360 e. The van der Waals surface area contributed by atoms with Crippen molar-refractivity contribution >= 4 is 21.7 Å². The first-order chi connectivity index (χ1) is 8.89. The van der Waals surface area contributed by atoms with Gasteiger partial charge >= 0.3 is 0 Å². The van der Waals surface area contributed by atoms with Gasteiger partial charge in [0.15, 0.2) is 5.82 Å². The number of hydrogen-bond donors (Lipinski definition) is 1. The van der Waals surface area contributed by atoms with Crippen molar-refractivity contribution in [2.24, 2.45) is 0 Å². The van der Waals surface area contributed by atoms with Crippen LogP contribution in [0.25, 0.3) is 0 Å². The molecule has 1 rings (SSSR count). The predicted octanol–water partition coefficient (Wildman–Crippen LogP) is 0.983. The molecule has 1 amide bonds. The van der Waals surface area contributed by atoms with Crippen LogP contribution >= 0.6 is 0 Å². The second kappa shape index (κ2) is 6.67. The maximum atomic E-state index is 11.8. The van der Waals surface area contributed by atoms with Gasteiger partial charge in [-0.3, -0.25) is 4.79 Å². The quantitative estimate of drug-likeness (QED) is 0.807. The number of anilines is 1. The number of amides is 1. The maximum Gasteiger partial charge on any atom is 0.240 e. The lowest BCUT2D eigenvalue weighted by molar-refractivity contribution is -0.116. The number of sulfonamides is 1. The van der Waals surface area contributed by atoms with Crippen molar-refractivity contribution in [3.63, 3.8) is 0 Å². The fraction of sp³-hybridized carbons (Fsp3) is 0.636. The van der Waals surface area contributed by atoms with Gasteiger partial charge in [-0.25, -0.2) is 8.42 Å². The molecule has 1 heterocycles. The number of carbonyl (C=O) groups is 1. The molecule has 0 fully saturated rings. The van der Waals surface area contributed by atoms with E-state index in [0.717, 1.165) is 0 Å². The molecule has 7 nitrogen and oxygen atoms in total. The Morgan fingerprint density at radius 3 is 2.63 bits per heavy atom. The summed E-state index contributed by atoms with van der Waals surface area (Å²) >= 11 is 0. The van der Waals surface area contributed by atoms with E-state index >= 15 is 0 Å². The van der Waals surface area contributed by atoms with Gasteiger partial charge in [-0.05, 0) is 20.3 Å². The van der Waals surface area contributed by atoms with E-state index in [1.54, 1.807) is 19.9 Å². The summed E-state index contributed by atoms with van der Waals surface area (Å²) < 4.78 is 29.6. The average Bonchev–Trinajstić information content (AvgIpc) is 2.74. The van der Waals surface area contributed by atoms with Gasteiger partial charge in [0.05, 0.1) is 12.3 Å². The number of rotatable bonds is 7. The Morgan fingerprint density at radius 1 is 1.47 bits per heavy atom. The molecule has 0 bridgehead atoms. The molecule has 1 aromatic rings. The molecule has 1 N–H and O–H groups in total. The number of carbonyl (C=O) groups excluding carboxylic acids is 1. The van der Waals surface area contributed by atoms with Crippen LogP contribution in [0.4, 0.5) is 5.82 Å². The summed E-state index contributed by atoms with van der Waals surface area (Å²) in [6.07, 6.45) is 0.648. The van der Waals surface area contributed by atoms with Crippen LogP contribution in [-0.4, -0.2) is 42.6 Å². The Kier molecular flexibility index (Phi) is 5.49. The van der Waals surface area contributed by atoms with Gasteiger partial charge in [0.1, 0.15) is 5.76 Å². The summed E-state index contributed by atoms with van der Waals surface area (Å²) in [6.45, 7) is 5.22. The van der Waals surface area contributed by atoms with Crippen molar-refractivity contribution in [3.05, 3.63) is 11.8 Å². The molecule has 0 saturated heterocycles. The lowest BCUT2D eigenvalue weighted by Crippen LogP contribution is -2.39. The number of aryl methyl sites for hydroxylation is 1. The van der Waals surface area contributed by atoms with Crippen LogP contribution < -0.4 is 5.32 Å². The highest BCUT2D eigenvalue weighted by Gasteiger charge is 2.22. The fourth-order valence-electron chi connectivity index (χ4n) is 1.52. The van der Waals surface area contributed by atoms with Crippen molar-refractivity contribution in [2.75, 3.05) is 24.2 Å². The SMILES string of the molecule is CCCN(CC(=O)Nc1cc(C)on1)S(=O)(=O)CC. The Labute approximate surface area is 113 Å². The first kappa shape index (κ1) is 15.6. The third-order valence-electron chi connectivity index (χ3n) is 2.45. The zero-order valence-electron chi connectivity index (χ0n) is 11.3. The maximum absolute atomic E-state index is 11.8. The molecule has 108 valence electrons. The van der Waals surface area contributed by atoms with Gasteiger partial charge in [-0.15, -0.1) is 0 Å². The van der Waals surface area contributed by atoms with E-state index in [1.807, 2.05) is 6.92 Å². The minimum atomic E-state index is -3.38. The third kappa shape index (κ3) is 4.64. The summed E-state index contributed by atoms with van der Waals surface area (Å²) in [4.78, 5) is 11.8. The third-order valence-corrected chi connectivity index (χ3v) is 4.27. The minimum absolute atomic E-state index is 0.0245. The van der Waals surface area contributed by atoms with Crippen molar-refractivity contribution in [3.8, 4) is 0 Å². The van der Waals surface area contributed by atoms with Gasteiger partial charge in [-0.1, -0.05) is 12.1 Å². The highest BCUT2D eigenvalue weighted by molar-refractivity contribution is 7.89. The van der Waals surface area contributed by atoms with Gasteiger partial charge in [0.2, 0.25) is 15.9 Å². The minimum Gasteiger partial charge on any atom is -0.360 e. The van der Waals surface area contributed by atoms with Crippen LogP contribution in [0.3, 0.4) is 0 Å². The lowest BCUT2D eigenvalue weighted by Gasteiger charge is -2.19. The second-order valence-electron chi connectivity index (χ2n) is 4.11. The van der Waals surface area contributed by atoms with Crippen molar-refractivity contribution < 1.29 is 17.7 Å². The van der Waals surface area contributed by atoms with Crippen molar-refractivity contribution in [1.82, 2.24) is 9.46 Å². The summed E-state index contributed by atoms with van der Waals surface area (Å²) in [7, 11) is -3.38. The van der Waals surface area contributed by atoms with E-state index in [4.69, 9.17) is 4.52 Å². The van der Waals surface area contributed by atoms with E-state index in [9.17, 15) is 13.2 Å². The van der Waals surface area contributed by atoms with Crippen LogP contribution in [0.2, 0.25) is 0 Å². The van der Waals surface area contributed by atoms with Gasteiger partial charge in [0, 0.05) is 12.6 Å². The van der Waals surface area contributed by atoms with E-state index in [0.29, 0.717) is 18.7 Å². The number of nitrogens with one attached hydrogen (secondary N) is 1. The zero-order chi connectivity index (χ0) is 14.5. The molecule has 0 atom stereocenters. The zero-order valence-corrected chi connectivity index (χ0v) is 12.2.